The van der Waals surface area contributed by atoms with Gasteiger partial charge in [0.2, 0.25) is 10.0 Å². The highest BCUT2D eigenvalue weighted by Gasteiger charge is 2.23. The Morgan fingerprint density at radius 2 is 1.83 bits per heavy atom. The van der Waals surface area contributed by atoms with Gasteiger partial charge in [0.05, 0.1) is 52.2 Å². The molecular weight excluding hydrogens is 540 g/mol. The third-order valence-corrected chi connectivity index (χ3v) is 7.05. The molecule has 10 nitrogen and oxygen atoms in total. The van der Waals surface area contributed by atoms with Crippen LogP contribution in [0.2, 0.25) is 0 Å². The highest BCUT2D eigenvalue weighted by atomic mass is 32.2. The summed E-state index contributed by atoms with van der Waals surface area (Å²) in [5.41, 5.74) is 2.41. The predicted molar refractivity (Wildman–Crippen MR) is 157 cm³/mol. The minimum Gasteiger partial charge on any atom is -0.342 e. The van der Waals surface area contributed by atoms with E-state index in [0.717, 1.165) is 11.6 Å². The van der Waals surface area contributed by atoms with Crippen LogP contribution in [0.15, 0.2) is 77.9 Å². The first-order valence-electron chi connectivity index (χ1n) is 12.7. The summed E-state index contributed by atoms with van der Waals surface area (Å²) < 4.78 is 26.5. The Morgan fingerprint density at radius 1 is 1.05 bits per heavy atom. The van der Waals surface area contributed by atoms with Crippen molar-refractivity contribution in [1.82, 2.24) is 29.6 Å². The van der Waals surface area contributed by atoms with Gasteiger partial charge < -0.3 is 5.32 Å². The zero-order chi connectivity index (χ0) is 29.1. The van der Waals surface area contributed by atoms with Crippen LogP contribution in [0.3, 0.4) is 0 Å². The van der Waals surface area contributed by atoms with Crippen molar-refractivity contribution in [2.24, 2.45) is 0 Å². The fourth-order valence-electron chi connectivity index (χ4n) is 4.51. The zero-order valence-corrected chi connectivity index (χ0v) is 23.4. The molecule has 0 saturated heterocycles. The van der Waals surface area contributed by atoms with Gasteiger partial charge in [0.1, 0.15) is 5.82 Å². The maximum Gasteiger partial charge on any atom is 0.267 e. The molecule has 206 valence electrons. The molecule has 0 saturated carbocycles. The first-order valence-corrected chi connectivity index (χ1v) is 14.6. The summed E-state index contributed by atoms with van der Waals surface area (Å²) in [7, 11) is -3.41. The van der Waals surface area contributed by atoms with Crippen LogP contribution in [0.1, 0.15) is 40.4 Å². The largest absolute Gasteiger partial charge is 0.342 e. The number of rotatable bonds is 6. The Labute approximate surface area is 236 Å². The molecule has 0 radical (unpaired) electrons. The molecule has 11 heteroatoms. The number of para-hydroxylation sites is 1. The number of amides is 1. The minimum absolute atomic E-state index is 0.103. The molecule has 1 atom stereocenters. The van der Waals surface area contributed by atoms with Crippen LogP contribution in [0.5, 0.6) is 0 Å². The van der Waals surface area contributed by atoms with E-state index in [1.165, 1.54) is 4.57 Å². The van der Waals surface area contributed by atoms with E-state index in [2.05, 4.69) is 31.8 Å². The van der Waals surface area contributed by atoms with Gasteiger partial charge in [-0.2, -0.15) is 0 Å². The van der Waals surface area contributed by atoms with Gasteiger partial charge in [0, 0.05) is 23.3 Å². The summed E-state index contributed by atoms with van der Waals surface area (Å²) in [6.45, 7) is 3.40. The van der Waals surface area contributed by atoms with E-state index in [0.29, 0.717) is 39.4 Å². The number of aryl methyl sites for hydroxylation is 1. The molecule has 3 aromatic heterocycles. The molecule has 2 aromatic carbocycles. The Bertz CT molecular complexity index is 2030. The van der Waals surface area contributed by atoms with E-state index in [9.17, 15) is 18.0 Å². The third kappa shape index (κ3) is 5.84. The van der Waals surface area contributed by atoms with Crippen LogP contribution >= 0.6 is 0 Å². The maximum absolute atomic E-state index is 14.1. The first kappa shape index (κ1) is 27.6. The smallest absolute Gasteiger partial charge is 0.267 e. The molecule has 5 aromatic rings. The quantitative estimate of drug-likeness (QED) is 0.302. The molecule has 0 bridgehead atoms. The van der Waals surface area contributed by atoms with Crippen LogP contribution in [0.25, 0.3) is 27.5 Å². The second kappa shape index (κ2) is 11.3. The van der Waals surface area contributed by atoms with E-state index in [1.807, 2.05) is 12.1 Å². The van der Waals surface area contributed by atoms with Gasteiger partial charge >= 0.3 is 0 Å². The van der Waals surface area contributed by atoms with Crippen LogP contribution in [0, 0.1) is 18.8 Å². The summed E-state index contributed by atoms with van der Waals surface area (Å²) in [5.74, 6) is 5.58. The van der Waals surface area contributed by atoms with Gasteiger partial charge in [-0.3, -0.25) is 24.1 Å². The second-order valence-electron chi connectivity index (χ2n) is 9.40. The van der Waals surface area contributed by atoms with E-state index >= 15 is 0 Å². The van der Waals surface area contributed by atoms with Crippen LogP contribution in [-0.4, -0.2) is 46.6 Å². The molecule has 0 aliphatic rings. The fourth-order valence-corrected chi connectivity index (χ4v) is 4.85. The van der Waals surface area contributed by atoms with Crippen LogP contribution in [0.4, 0.5) is 0 Å². The standard InChI is InChI=1S/C30H26N6O4S/c1-19-25(27-22(18-32-19)12-8-16-31-27)29(37)34-20(2)28-35-24-15-7-10-21(11-9-17-33-41(3,39)40)26(24)30(38)36(28)23-13-5-4-6-14-23/h4-8,10,12-16,18,20,33H,17H2,1-3H3,(H,34,37)/t20-/m0/s1. The van der Waals surface area contributed by atoms with Crippen molar-refractivity contribution in [1.29, 1.82) is 0 Å². The highest BCUT2D eigenvalue weighted by Crippen LogP contribution is 2.22. The van der Waals surface area contributed by atoms with Gasteiger partial charge in [-0.05, 0) is 50.2 Å². The van der Waals surface area contributed by atoms with Crippen molar-refractivity contribution in [3.63, 3.8) is 0 Å². The van der Waals surface area contributed by atoms with Crippen LogP contribution in [-0.2, 0) is 10.0 Å². The normalized spacial score (nSPS) is 12.1. The maximum atomic E-state index is 14.1. The minimum atomic E-state index is -3.41. The third-order valence-electron chi connectivity index (χ3n) is 6.38. The summed E-state index contributed by atoms with van der Waals surface area (Å²) in [4.78, 5) is 41.2. The molecule has 0 unspecified atom stereocenters. The number of carbonyl (C=O) groups excluding carboxylic acids is 1. The molecule has 2 N–H and O–H groups in total. The summed E-state index contributed by atoms with van der Waals surface area (Å²) in [6.07, 6.45) is 4.34. The Kier molecular flexibility index (Phi) is 7.61. The van der Waals surface area contributed by atoms with Gasteiger partial charge in [-0.1, -0.05) is 36.1 Å². The molecular formula is C30H26N6O4S. The lowest BCUT2D eigenvalue weighted by atomic mass is 10.1. The van der Waals surface area contributed by atoms with Crippen molar-refractivity contribution in [2.75, 3.05) is 12.8 Å². The molecule has 0 aliphatic heterocycles. The van der Waals surface area contributed by atoms with E-state index in [1.54, 1.807) is 74.8 Å². The van der Waals surface area contributed by atoms with Gasteiger partial charge in [0.15, 0.2) is 0 Å². The van der Waals surface area contributed by atoms with Gasteiger partial charge in [0.25, 0.3) is 11.5 Å². The first-order chi connectivity index (χ1) is 19.6. The number of hydrogen-bond donors (Lipinski definition) is 2. The Balaban J connectivity index is 1.61. The van der Waals surface area contributed by atoms with Crippen molar-refractivity contribution in [2.45, 2.75) is 19.9 Å². The lowest BCUT2D eigenvalue weighted by molar-refractivity contribution is 0.0938. The van der Waals surface area contributed by atoms with Crippen LogP contribution < -0.4 is 15.6 Å². The number of pyridine rings is 2. The number of benzene rings is 2. The van der Waals surface area contributed by atoms with Crippen molar-refractivity contribution in [3.8, 4) is 17.5 Å². The number of fused-ring (bicyclic) bond motifs is 2. The number of carbonyl (C=O) groups is 1. The average Bonchev–Trinajstić information content (AvgIpc) is 2.95. The SMILES string of the molecule is Cc1ncc2cccnc2c1C(=O)N[C@@H](C)c1nc2cccc(C#CCNS(C)(=O)=O)c2c(=O)n1-c1ccccc1. The van der Waals surface area contributed by atoms with E-state index in [4.69, 9.17) is 4.98 Å². The highest BCUT2D eigenvalue weighted by molar-refractivity contribution is 7.88. The monoisotopic (exact) mass is 566 g/mol. The average molecular weight is 567 g/mol. The number of nitrogens with one attached hydrogen (secondary N) is 2. The molecule has 0 spiro atoms. The van der Waals surface area contributed by atoms with E-state index < -0.39 is 22.0 Å². The zero-order valence-electron chi connectivity index (χ0n) is 22.5. The second-order valence-corrected chi connectivity index (χ2v) is 11.2. The van der Waals surface area contributed by atoms with Gasteiger partial charge in [-0.25, -0.2) is 18.1 Å². The number of hydrogen-bond acceptors (Lipinski definition) is 7. The molecule has 0 fully saturated rings. The lowest BCUT2D eigenvalue weighted by Gasteiger charge is -2.20. The number of sulfonamides is 1. The fraction of sp³-hybridized carbons (Fsp3) is 0.167. The number of nitrogens with zero attached hydrogens (tertiary/aromatic N) is 4. The van der Waals surface area contributed by atoms with Crippen molar-refractivity contribution in [3.05, 3.63) is 106 Å². The topological polar surface area (TPSA) is 136 Å². The molecule has 0 aliphatic carbocycles. The van der Waals surface area contributed by atoms with Gasteiger partial charge in [-0.15, -0.1) is 0 Å². The Morgan fingerprint density at radius 3 is 2.59 bits per heavy atom. The summed E-state index contributed by atoms with van der Waals surface area (Å²) >= 11 is 0. The summed E-state index contributed by atoms with van der Waals surface area (Å²) in [5, 5.41) is 4.00. The van der Waals surface area contributed by atoms with E-state index in [-0.39, 0.29) is 17.5 Å². The molecule has 41 heavy (non-hydrogen) atoms. The predicted octanol–water partition coefficient (Wildman–Crippen LogP) is 3.03. The lowest BCUT2D eigenvalue weighted by Crippen LogP contribution is -2.34. The van der Waals surface area contributed by atoms with Crippen molar-refractivity contribution >= 4 is 37.7 Å². The Hall–Kier alpha value is -4.92. The summed E-state index contributed by atoms with van der Waals surface area (Å²) in [6, 6.07) is 17.0. The molecule has 3 heterocycles. The molecule has 5 rings (SSSR count). The molecule has 1 amide bonds. The number of aromatic nitrogens is 4. The van der Waals surface area contributed by atoms with Crippen molar-refractivity contribution < 1.29 is 13.2 Å².